The highest BCUT2D eigenvalue weighted by Crippen LogP contribution is 2.14. The second-order valence-electron chi connectivity index (χ2n) is 6.72. The van der Waals surface area contributed by atoms with Crippen molar-refractivity contribution >= 4 is 27.3 Å². The van der Waals surface area contributed by atoms with Gasteiger partial charge in [0, 0.05) is 11.4 Å². The maximum Gasteiger partial charge on any atom is 0.278 e. The molecule has 0 saturated carbocycles. The summed E-state index contributed by atoms with van der Waals surface area (Å²) in [4.78, 5) is 15.1. The molecule has 8 heteroatoms. The number of hydrogen-bond acceptors (Lipinski definition) is 4. The third-order valence-electron chi connectivity index (χ3n) is 5.00. The van der Waals surface area contributed by atoms with Crippen molar-refractivity contribution in [3.05, 3.63) is 52.7 Å². The maximum atomic E-state index is 12.7. The number of rotatable bonds is 7. The summed E-state index contributed by atoms with van der Waals surface area (Å²) in [6, 6.07) is 12.4. The highest BCUT2D eigenvalue weighted by molar-refractivity contribution is 7.89. The van der Waals surface area contributed by atoms with Crippen LogP contribution in [0.2, 0.25) is 0 Å². The van der Waals surface area contributed by atoms with Crippen LogP contribution in [0.15, 0.2) is 52.7 Å². The second-order valence-corrected chi connectivity index (χ2v) is 9.69. The van der Waals surface area contributed by atoms with Crippen LogP contribution in [0.5, 0.6) is 0 Å². The van der Waals surface area contributed by atoms with E-state index in [9.17, 15) is 13.2 Å². The van der Waals surface area contributed by atoms with E-state index in [1.165, 1.54) is 9.18 Å². The lowest BCUT2D eigenvalue weighted by Gasteiger charge is -2.34. The van der Waals surface area contributed by atoms with Crippen LogP contribution in [0.4, 0.5) is 0 Å². The minimum atomic E-state index is -3.45. The van der Waals surface area contributed by atoms with Gasteiger partial charge in [-0.15, -0.1) is 11.3 Å². The van der Waals surface area contributed by atoms with Gasteiger partial charge in [-0.2, -0.15) is 4.31 Å². The predicted octanol–water partition coefficient (Wildman–Crippen LogP) is 0.385. The van der Waals surface area contributed by atoms with E-state index in [-0.39, 0.29) is 11.9 Å². The average molecular weight is 409 g/mol. The maximum absolute atomic E-state index is 12.7. The number of benzene rings is 1. The molecule has 1 aromatic heterocycles. The number of sulfonamides is 1. The van der Waals surface area contributed by atoms with Gasteiger partial charge in [0.15, 0.2) is 6.04 Å². The summed E-state index contributed by atoms with van der Waals surface area (Å²) in [5, 5.41) is 5.03. The van der Waals surface area contributed by atoms with E-state index in [4.69, 9.17) is 0 Å². The second kappa shape index (κ2) is 8.97. The molecule has 0 radical (unpaired) electrons. The summed E-state index contributed by atoms with van der Waals surface area (Å²) in [5.74, 6) is 0.0286. The van der Waals surface area contributed by atoms with E-state index in [1.54, 1.807) is 41.7 Å². The Morgan fingerprint density at radius 2 is 1.89 bits per heavy atom. The number of quaternary nitrogens is 1. The van der Waals surface area contributed by atoms with Crippen molar-refractivity contribution in [2.75, 3.05) is 32.7 Å². The molecule has 2 heterocycles. The number of nitrogens with zero attached hydrogens (tertiary/aromatic N) is 1. The fourth-order valence-corrected chi connectivity index (χ4v) is 5.46. The number of carbonyl (C=O) groups excluding carboxylic acids is 1. The summed E-state index contributed by atoms with van der Waals surface area (Å²) in [5.41, 5.74) is 0. The SMILES string of the molecule is C[C@@H](C(=O)NCCc1cccs1)[NH+]1CCN(S(=O)(=O)c2ccccc2)CC1. The molecule has 1 aromatic carbocycles. The van der Waals surface area contributed by atoms with Gasteiger partial charge in [-0.05, 0) is 36.9 Å². The molecule has 6 nitrogen and oxygen atoms in total. The van der Waals surface area contributed by atoms with E-state index < -0.39 is 10.0 Å². The normalized spacial score (nSPS) is 17.5. The van der Waals surface area contributed by atoms with Gasteiger partial charge in [-0.1, -0.05) is 24.3 Å². The Kier molecular flexibility index (Phi) is 6.64. The van der Waals surface area contributed by atoms with Crippen molar-refractivity contribution in [1.29, 1.82) is 0 Å². The van der Waals surface area contributed by atoms with Gasteiger partial charge >= 0.3 is 0 Å². The van der Waals surface area contributed by atoms with Crippen LogP contribution in [-0.4, -0.2) is 57.4 Å². The fourth-order valence-electron chi connectivity index (χ4n) is 3.29. The number of piperazine rings is 1. The standard InChI is InChI=1S/C19H25N3O3S2/c1-16(19(23)20-10-9-17-6-5-15-26-17)21-11-13-22(14-12-21)27(24,25)18-7-3-2-4-8-18/h2-8,15-16H,9-14H2,1H3,(H,20,23)/p+1/t16-/m0/s1. The summed E-state index contributed by atoms with van der Waals surface area (Å²) in [7, 11) is -3.45. The first kappa shape index (κ1) is 20.0. The molecule has 146 valence electrons. The smallest absolute Gasteiger partial charge is 0.278 e. The van der Waals surface area contributed by atoms with Gasteiger partial charge in [0.05, 0.1) is 31.1 Å². The van der Waals surface area contributed by atoms with Crippen molar-refractivity contribution < 1.29 is 18.1 Å². The average Bonchev–Trinajstić information content (AvgIpc) is 3.21. The van der Waals surface area contributed by atoms with Crippen LogP contribution in [0, 0.1) is 0 Å². The molecule has 0 unspecified atom stereocenters. The van der Waals surface area contributed by atoms with Crippen molar-refractivity contribution in [3.63, 3.8) is 0 Å². The Balaban J connectivity index is 1.48. The van der Waals surface area contributed by atoms with Gasteiger partial charge in [-0.25, -0.2) is 8.42 Å². The van der Waals surface area contributed by atoms with Crippen LogP contribution in [0.1, 0.15) is 11.8 Å². The first-order chi connectivity index (χ1) is 13.0. The molecule has 2 aromatic rings. The minimum Gasteiger partial charge on any atom is -0.351 e. The minimum absolute atomic E-state index is 0.0286. The van der Waals surface area contributed by atoms with Gasteiger partial charge in [0.1, 0.15) is 0 Å². The zero-order valence-corrected chi connectivity index (χ0v) is 17.1. The molecular formula is C19H26N3O3S2+. The largest absolute Gasteiger partial charge is 0.351 e. The molecule has 1 aliphatic rings. The van der Waals surface area contributed by atoms with E-state index in [1.807, 2.05) is 18.4 Å². The molecule has 3 rings (SSSR count). The van der Waals surface area contributed by atoms with Gasteiger partial charge in [0.25, 0.3) is 5.91 Å². The zero-order chi connectivity index (χ0) is 19.3. The van der Waals surface area contributed by atoms with Crippen molar-refractivity contribution in [2.24, 2.45) is 0 Å². The van der Waals surface area contributed by atoms with Crippen molar-refractivity contribution in [3.8, 4) is 0 Å². The van der Waals surface area contributed by atoms with Crippen LogP contribution >= 0.6 is 11.3 Å². The Bertz CT molecular complexity index is 830. The molecule has 0 spiro atoms. The molecular weight excluding hydrogens is 382 g/mol. The van der Waals surface area contributed by atoms with Crippen LogP contribution in [0.25, 0.3) is 0 Å². The number of hydrogen-bond donors (Lipinski definition) is 2. The summed E-state index contributed by atoms with van der Waals surface area (Å²) >= 11 is 1.69. The Hall–Kier alpha value is -1.74. The predicted molar refractivity (Wildman–Crippen MR) is 106 cm³/mol. The number of amides is 1. The number of thiophene rings is 1. The number of carbonyl (C=O) groups is 1. The summed E-state index contributed by atoms with van der Waals surface area (Å²) < 4.78 is 26.9. The molecule has 1 aliphatic heterocycles. The van der Waals surface area contributed by atoms with Gasteiger partial charge in [-0.3, -0.25) is 4.79 Å². The first-order valence-electron chi connectivity index (χ1n) is 9.18. The third-order valence-corrected chi connectivity index (χ3v) is 7.85. The highest BCUT2D eigenvalue weighted by Gasteiger charge is 2.34. The lowest BCUT2D eigenvalue weighted by atomic mass is 10.2. The monoisotopic (exact) mass is 408 g/mol. The van der Waals surface area contributed by atoms with E-state index >= 15 is 0 Å². The van der Waals surface area contributed by atoms with Crippen LogP contribution in [0.3, 0.4) is 0 Å². The Labute approximate surface area is 164 Å². The third kappa shape index (κ3) is 4.95. The van der Waals surface area contributed by atoms with Crippen LogP contribution < -0.4 is 10.2 Å². The van der Waals surface area contributed by atoms with E-state index in [2.05, 4.69) is 11.4 Å². The molecule has 1 fully saturated rings. The summed E-state index contributed by atoms with van der Waals surface area (Å²) in [6.07, 6.45) is 0.842. The first-order valence-corrected chi connectivity index (χ1v) is 11.5. The molecule has 1 amide bonds. The molecule has 1 saturated heterocycles. The quantitative estimate of drug-likeness (QED) is 0.696. The van der Waals surface area contributed by atoms with E-state index in [0.29, 0.717) is 37.6 Å². The molecule has 0 bridgehead atoms. The van der Waals surface area contributed by atoms with Crippen LogP contribution in [-0.2, 0) is 21.2 Å². The Morgan fingerprint density at radius 1 is 1.19 bits per heavy atom. The van der Waals surface area contributed by atoms with Crippen molar-refractivity contribution in [2.45, 2.75) is 24.3 Å². The van der Waals surface area contributed by atoms with Crippen molar-refractivity contribution in [1.82, 2.24) is 9.62 Å². The lowest BCUT2D eigenvalue weighted by Crippen LogP contribution is -3.19. The molecule has 27 heavy (non-hydrogen) atoms. The zero-order valence-electron chi connectivity index (χ0n) is 15.4. The molecule has 0 aliphatic carbocycles. The van der Waals surface area contributed by atoms with Gasteiger partial charge < -0.3 is 10.2 Å². The molecule has 1 atom stereocenters. The topological polar surface area (TPSA) is 70.9 Å². The Morgan fingerprint density at radius 3 is 2.52 bits per heavy atom. The molecule has 2 N–H and O–H groups in total. The lowest BCUT2D eigenvalue weighted by molar-refractivity contribution is -0.917. The summed E-state index contributed by atoms with van der Waals surface area (Å²) in [6.45, 7) is 4.67. The van der Waals surface area contributed by atoms with E-state index in [0.717, 1.165) is 11.3 Å². The fraction of sp³-hybridized carbons (Fsp3) is 0.421. The van der Waals surface area contributed by atoms with Gasteiger partial charge in [0.2, 0.25) is 10.0 Å². The highest BCUT2D eigenvalue weighted by atomic mass is 32.2. The number of nitrogens with one attached hydrogen (secondary N) is 2.